The number of rotatable bonds is 0. The van der Waals surface area contributed by atoms with Gasteiger partial charge in [0.2, 0.25) is 0 Å². The molecule has 0 spiro atoms. The Hall–Kier alpha value is 0.0900. The topological polar surface area (TPSA) is 0 Å². The lowest BCUT2D eigenvalue weighted by Gasteiger charge is -2.77. The van der Waals surface area contributed by atoms with E-state index in [1.807, 2.05) is 5.57 Å². The molecule has 0 saturated heterocycles. The zero-order chi connectivity index (χ0) is 9.08. The summed E-state index contributed by atoms with van der Waals surface area (Å²) in [5.41, 5.74) is 1.84. The second kappa shape index (κ2) is 1.86. The van der Waals surface area contributed by atoms with Crippen LogP contribution in [-0.4, -0.2) is 4.75 Å². The number of hydrogen-bond donors (Lipinski definition) is 1. The third kappa shape index (κ3) is 0.490. The van der Waals surface area contributed by atoms with Gasteiger partial charge in [0, 0.05) is 4.75 Å². The Bertz CT molecular complexity index is 371. The van der Waals surface area contributed by atoms with E-state index < -0.39 is 0 Å². The molecule has 1 heteroatoms. The van der Waals surface area contributed by atoms with Gasteiger partial charge < -0.3 is 0 Å². The number of fused-ring (bicyclic) bond motifs is 9. The SMILES string of the molecule is SC12CCC1C1C3C4CC=C4CC3C12. The van der Waals surface area contributed by atoms with Gasteiger partial charge in [-0.1, -0.05) is 11.6 Å². The van der Waals surface area contributed by atoms with Gasteiger partial charge in [-0.15, -0.1) is 0 Å². The molecule has 5 aliphatic rings. The standard InChI is InChI=1S/C13H16S/c14-13-4-3-9(13)11-10-7-2-1-6(7)5-8(10)12(11)13/h1,7-12,14H,2-5H2. The van der Waals surface area contributed by atoms with Crippen LogP contribution in [0.1, 0.15) is 25.7 Å². The Labute approximate surface area is 90.6 Å². The van der Waals surface area contributed by atoms with Gasteiger partial charge in [0.15, 0.2) is 0 Å². The van der Waals surface area contributed by atoms with Crippen molar-refractivity contribution in [3.05, 3.63) is 11.6 Å². The highest BCUT2D eigenvalue weighted by Gasteiger charge is 2.77. The van der Waals surface area contributed by atoms with Crippen molar-refractivity contribution in [3.63, 3.8) is 0 Å². The minimum Gasteiger partial charge on any atom is -0.172 e. The summed E-state index contributed by atoms with van der Waals surface area (Å²) in [7, 11) is 0. The van der Waals surface area contributed by atoms with Crippen LogP contribution < -0.4 is 0 Å². The van der Waals surface area contributed by atoms with Crippen LogP contribution >= 0.6 is 12.6 Å². The highest BCUT2D eigenvalue weighted by Crippen LogP contribution is 2.81. The van der Waals surface area contributed by atoms with Crippen molar-refractivity contribution in [2.45, 2.75) is 30.4 Å². The average Bonchev–Trinajstić information content (AvgIpc) is 2.32. The lowest BCUT2D eigenvalue weighted by atomic mass is 9.31. The Balaban J connectivity index is 1.57. The van der Waals surface area contributed by atoms with E-state index in [1.54, 1.807) is 0 Å². The van der Waals surface area contributed by atoms with Crippen LogP contribution in [0.2, 0.25) is 0 Å². The Morgan fingerprint density at radius 1 is 1.36 bits per heavy atom. The second-order valence-corrected chi connectivity index (χ2v) is 7.14. The molecular formula is C13H16S. The minimum absolute atomic E-state index is 0.538. The molecule has 0 N–H and O–H groups in total. The molecule has 4 saturated carbocycles. The van der Waals surface area contributed by atoms with E-state index in [-0.39, 0.29) is 0 Å². The van der Waals surface area contributed by atoms with Crippen LogP contribution in [0.3, 0.4) is 0 Å². The van der Waals surface area contributed by atoms with Gasteiger partial charge in [0.05, 0.1) is 0 Å². The predicted octanol–water partition coefficient (Wildman–Crippen LogP) is 2.91. The summed E-state index contributed by atoms with van der Waals surface area (Å²) in [6.07, 6.45) is 8.32. The molecule has 7 atom stereocenters. The number of thiol groups is 1. The van der Waals surface area contributed by atoms with E-state index in [9.17, 15) is 0 Å². The van der Waals surface area contributed by atoms with Crippen molar-refractivity contribution >= 4 is 12.6 Å². The van der Waals surface area contributed by atoms with Gasteiger partial charge in [-0.3, -0.25) is 0 Å². The van der Waals surface area contributed by atoms with Crippen LogP contribution in [0, 0.1) is 35.5 Å². The smallest absolute Gasteiger partial charge is 0.0195 e. The van der Waals surface area contributed by atoms with Crippen LogP contribution in [0.5, 0.6) is 0 Å². The molecule has 0 radical (unpaired) electrons. The lowest BCUT2D eigenvalue weighted by Crippen LogP contribution is -2.76. The summed E-state index contributed by atoms with van der Waals surface area (Å²) in [6.45, 7) is 0. The first kappa shape index (κ1) is 7.38. The van der Waals surface area contributed by atoms with E-state index >= 15 is 0 Å². The lowest BCUT2D eigenvalue weighted by molar-refractivity contribution is -0.224. The van der Waals surface area contributed by atoms with Gasteiger partial charge in [-0.25, -0.2) is 0 Å². The maximum atomic E-state index is 4.97. The largest absolute Gasteiger partial charge is 0.172 e. The molecule has 0 aromatic rings. The molecule has 0 amide bonds. The molecule has 4 fully saturated rings. The molecule has 0 aromatic carbocycles. The highest BCUT2D eigenvalue weighted by molar-refractivity contribution is 7.82. The van der Waals surface area contributed by atoms with Crippen molar-refractivity contribution in [1.82, 2.24) is 0 Å². The normalized spacial score (nSPS) is 70.8. The van der Waals surface area contributed by atoms with E-state index in [0.717, 1.165) is 35.5 Å². The van der Waals surface area contributed by atoms with E-state index in [2.05, 4.69) is 6.08 Å². The fraction of sp³-hybridized carbons (Fsp3) is 0.846. The Kier molecular flexibility index (Phi) is 0.979. The highest BCUT2D eigenvalue weighted by atomic mass is 32.1. The molecule has 5 rings (SSSR count). The molecule has 74 valence electrons. The molecule has 7 unspecified atom stereocenters. The van der Waals surface area contributed by atoms with Crippen molar-refractivity contribution in [1.29, 1.82) is 0 Å². The summed E-state index contributed by atoms with van der Waals surface area (Å²) < 4.78 is 0.538. The van der Waals surface area contributed by atoms with Crippen LogP contribution in [0.4, 0.5) is 0 Å². The third-order valence-corrected chi connectivity index (χ3v) is 7.25. The van der Waals surface area contributed by atoms with Crippen molar-refractivity contribution in [2.24, 2.45) is 35.5 Å². The molecule has 0 bridgehead atoms. The quantitative estimate of drug-likeness (QED) is 0.455. The zero-order valence-corrected chi connectivity index (χ0v) is 9.21. The summed E-state index contributed by atoms with van der Waals surface area (Å²) in [5, 5.41) is 0. The van der Waals surface area contributed by atoms with E-state index in [1.165, 1.54) is 25.7 Å². The first-order chi connectivity index (χ1) is 6.81. The fourth-order valence-corrected chi connectivity index (χ4v) is 6.51. The van der Waals surface area contributed by atoms with E-state index in [0.29, 0.717) is 4.75 Å². The summed E-state index contributed by atoms with van der Waals surface area (Å²) >= 11 is 4.97. The van der Waals surface area contributed by atoms with Gasteiger partial charge in [-0.05, 0) is 61.2 Å². The van der Waals surface area contributed by atoms with Crippen molar-refractivity contribution in [3.8, 4) is 0 Å². The zero-order valence-electron chi connectivity index (χ0n) is 8.32. The molecule has 14 heavy (non-hydrogen) atoms. The van der Waals surface area contributed by atoms with Crippen LogP contribution in [-0.2, 0) is 0 Å². The molecule has 0 heterocycles. The van der Waals surface area contributed by atoms with Crippen LogP contribution in [0.15, 0.2) is 11.6 Å². The molecule has 0 aromatic heterocycles. The number of hydrogen-bond acceptors (Lipinski definition) is 1. The van der Waals surface area contributed by atoms with Gasteiger partial charge in [0.1, 0.15) is 0 Å². The first-order valence-electron chi connectivity index (χ1n) is 6.22. The average molecular weight is 204 g/mol. The monoisotopic (exact) mass is 204 g/mol. The van der Waals surface area contributed by atoms with Crippen molar-refractivity contribution in [2.75, 3.05) is 0 Å². The summed E-state index contributed by atoms with van der Waals surface area (Å²) in [4.78, 5) is 0. The number of allylic oxidation sites excluding steroid dienone is 2. The van der Waals surface area contributed by atoms with Crippen LogP contribution in [0.25, 0.3) is 0 Å². The maximum Gasteiger partial charge on any atom is 0.0195 e. The second-order valence-electron chi connectivity index (χ2n) is 6.31. The molecular weight excluding hydrogens is 188 g/mol. The minimum atomic E-state index is 0.538. The van der Waals surface area contributed by atoms with Gasteiger partial charge >= 0.3 is 0 Å². The maximum absolute atomic E-state index is 4.97. The third-order valence-electron chi connectivity index (χ3n) is 6.40. The molecule has 5 aliphatic carbocycles. The van der Waals surface area contributed by atoms with E-state index in [4.69, 9.17) is 12.6 Å². The summed E-state index contributed by atoms with van der Waals surface area (Å²) in [5.74, 6) is 6.47. The fourth-order valence-electron chi connectivity index (χ4n) is 5.72. The first-order valence-corrected chi connectivity index (χ1v) is 6.67. The predicted molar refractivity (Wildman–Crippen MR) is 59.2 cm³/mol. The Morgan fingerprint density at radius 3 is 2.93 bits per heavy atom. The molecule has 0 nitrogen and oxygen atoms in total. The Morgan fingerprint density at radius 2 is 2.29 bits per heavy atom. The summed E-state index contributed by atoms with van der Waals surface area (Å²) in [6, 6.07) is 0. The van der Waals surface area contributed by atoms with Gasteiger partial charge in [-0.2, -0.15) is 12.6 Å². The van der Waals surface area contributed by atoms with Gasteiger partial charge in [0.25, 0.3) is 0 Å². The molecule has 0 aliphatic heterocycles. The van der Waals surface area contributed by atoms with Crippen molar-refractivity contribution < 1.29 is 0 Å².